The molecule has 1 aromatic rings. The lowest BCUT2D eigenvalue weighted by molar-refractivity contribution is 0.592. The van der Waals surface area contributed by atoms with E-state index in [-0.39, 0.29) is 17.7 Å². The third-order valence-corrected chi connectivity index (χ3v) is 2.25. The van der Waals surface area contributed by atoms with Gasteiger partial charge >= 0.3 is 0 Å². The summed E-state index contributed by atoms with van der Waals surface area (Å²) in [5.74, 6) is 4.72. The molecule has 0 saturated heterocycles. The lowest BCUT2D eigenvalue weighted by Gasteiger charge is -2.23. The van der Waals surface area contributed by atoms with Crippen molar-refractivity contribution in [1.82, 2.24) is 9.97 Å². The fourth-order valence-corrected chi connectivity index (χ4v) is 1.39. The van der Waals surface area contributed by atoms with Gasteiger partial charge in [0.2, 0.25) is 5.95 Å². The van der Waals surface area contributed by atoms with E-state index in [1.54, 1.807) is 11.8 Å². The van der Waals surface area contributed by atoms with Crippen LogP contribution in [0, 0.1) is 23.1 Å². The third-order valence-electron chi connectivity index (χ3n) is 2.25. The molecule has 0 amide bonds. The van der Waals surface area contributed by atoms with Crippen molar-refractivity contribution in [1.29, 1.82) is 5.26 Å². The van der Waals surface area contributed by atoms with Crippen LogP contribution in [-0.4, -0.2) is 23.1 Å². The highest BCUT2D eigenvalue weighted by Crippen LogP contribution is 2.17. The second-order valence-electron chi connectivity index (χ2n) is 3.58. The minimum Gasteiger partial charge on any atom is -0.353 e. The SMILES string of the molecule is CCN(CC(C)C#N)c1nc(NN)ncc1F. The van der Waals surface area contributed by atoms with Crippen molar-refractivity contribution in [2.45, 2.75) is 13.8 Å². The quantitative estimate of drug-likeness (QED) is 0.584. The number of hydrogen-bond donors (Lipinski definition) is 2. The Morgan fingerprint density at radius 1 is 1.71 bits per heavy atom. The van der Waals surface area contributed by atoms with Gasteiger partial charge in [0.1, 0.15) is 0 Å². The Morgan fingerprint density at radius 3 is 2.94 bits per heavy atom. The predicted molar refractivity (Wildman–Crippen MR) is 62.5 cm³/mol. The molecule has 7 heteroatoms. The van der Waals surface area contributed by atoms with Crippen molar-refractivity contribution in [2.24, 2.45) is 11.8 Å². The van der Waals surface area contributed by atoms with E-state index < -0.39 is 5.82 Å². The first-order valence-electron chi connectivity index (χ1n) is 5.26. The van der Waals surface area contributed by atoms with E-state index in [4.69, 9.17) is 11.1 Å². The minimum atomic E-state index is -0.531. The molecule has 3 N–H and O–H groups in total. The minimum absolute atomic E-state index is 0.143. The number of nitrogens with two attached hydrogens (primary N) is 1. The second-order valence-corrected chi connectivity index (χ2v) is 3.58. The zero-order chi connectivity index (χ0) is 12.8. The number of nitrogens with zero attached hydrogens (tertiary/aromatic N) is 4. The molecule has 0 aliphatic rings. The number of nitrogens with one attached hydrogen (secondary N) is 1. The maximum atomic E-state index is 13.6. The van der Waals surface area contributed by atoms with Gasteiger partial charge in [0, 0.05) is 13.1 Å². The van der Waals surface area contributed by atoms with E-state index >= 15 is 0 Å². The molecule has 0 aromatic carbocycles. The number of hydrazine groups is 1. The van der Waals surface area contributed by atoms with Crippen LogP contribution in [-0.2, 0) is 0 Å². The van der Waals surface area contributed by atoms with Crippen LogP contribution in [0.4, 0.5) is 16.2 Å². The van der Waals surface area contributed by atoms with Gasteiger partial charge in [-0.3, -0.25) is 5.43 Å². The summed E-state index contributed by atoms with van der Waals surface area (Å²) < 4.78 is 13.6. The van der Waals surface area contributed by atoms with Gasteiger partial charge < -0.3 is 4.90 Å². The van der Waals surface area contributed by atoms with Gasteiger partial charge in [-0.25, -0.2) is 15.2 Å². The summed E-state index contributed by atoms with van der Waals surface area (Å²) in [4.78, 5) is 9.28. The highest BCUT2D eigenvalue weighted by Gasteiger charge is 2.15. The van der Waals surface area contributed by atoms with Crippen molar-refractivity contribution >= 4 is 11.8 Å². The number of hydrogen-bond acceptors (Lipinski definition) is 6. The Labute approximate surface area is 99.2 Å². The number of rotatable bonds is 5. The molecule has 6 nitrogen and oxygen atoms in total. The molecule has 0 aliphatic carbocycles. The van der Waals surface area contributed by atoms with E-state index in [9.17, 15) is 4.39 Å². The van der Waals surface area contributed by atoms with Crippen LogP contribution in [0.2, 0.25) is 0 Å². The van der Waals surface area contributed by atoms with Crippen LogP contribution >= 0.6 is 0 Å². The topological polar surface area (TPSA) is 90.9 Å². The van der Waals surface area contributed by atoms with Gasteiger partial charge in [-0.1, -0.05) is 0 Å². The number of nitrogen functional groups attached to an aromatic ring is 1. The van der Waals surface area contributed by atoms with Crippen LogP contribution in [0.25, 0.3) is 0 Å². The molecule has 0 fully saturated rings. The zero-order valence-electron chi connectivity index (χ0n) is 9.81. The molecule has 0 spiro atoms. The molecule has 0 aliphatic heterocycles. The first-order chi connectivity index (χ1) is 8.12. The van der Waals surface area contributed by atoms with E-state index in [2.05, 4.69) is 21.5 Å². The van der Waals surface area contributed by atoms with Crippen LogP contribution in [0.15, 0.2) is 6.20 Å². The molecule has 1 heterocycles. The van der Waals surface area contributed by atoms with Gasteiger partial charge in [-0.2, -0.15) is 10.2 Å². The number of aromatic nitrogens is 2. The van der Waals surface area contributed by atoms with E-state index in [1.165, 1.54) is 0 Å². The summed E-state index contributed by atoms with van der Waals surface area (Å²) in [6, 6.07) is 2.10. The molecule has 1 rings (SSSR count). The van der Waals surface area contributed by atoms with E-state index in [1.807, 2.05) is 6.92 Å². The highest BCUT2D eigenvalue weighted by atomic mass is 19.1. The Morgan fingerprint density at radius 2 is 2.41 bits per heavy atom. The fourth-order valence-electron chi connectivity index (χ4n) is 1.39. The molecule has 92 valence electrons. The van der Waals surface area contributed by atoms with Crippen molar-refractivity contribution in [3.63, 3.8) is 0 Å². The first-order valence-corrected chi connectivity index (χ1v) is 5.26. The molecule has 17 heavy (non-hydrogen) atoms. The summed E-state index contributed by atoms with van der Waals surface area (Å²) in [5, 5.41) is 8.76. The summed E-state index contributed by atoms with van der Waals surface area (Å²) in [5.41, 5.74) is 2.26. The lowest BCUT2D eigenvalue weighted by Crippen LogP contribution is -2.30. The van der Waals surface area contributed by atoms with Gasteiger partial charge in [-0.05, 0) is 13.8 Å². The van der Waals surface area contributed by atoms with Crippen LogP contribution in [0.3, 0.4) is 0 Å². The Kier molecular flexibility index (Phi) is 4.60. The van der Waals surface area contributed by atoms with Gasteiger partial charge in [0.15, 0.2) is 11.6 Å². The van der Waals surface area contributed by atoms with Gasteiger partial charge in [0.25, 0.3) is 0 Å². The van der Waals surface area contributed by atoms with E-state index in [0.29, 0.717) is 13.1 Å². The smallest absolute Gasteiger partial charge is 0.239 e. The molecule has 0 bridgehead atoms. The average molecular weight is 238 g/mol. The second kappa shape index (κ2) is 5.96. The lowest BCUT2D eigenvalue weighted by atomic mass is 10.2. The van der Waals surface area contributed by atoms with Gasteiger partial charge in [-0.15, -0.1) is 0 Å². The van der Waals surface area contributed by atoms with Crippen molar-refractivity contribution in [3.8, 4) is 6.07 Å². The summed E-state index contributed by atoms with van der Waals surface area (Å²) >= 11 is 0. The molecule has 1 aromatic heterocycles. The Hall–Kier alpha value is -1.94. The maximum absolute atomic E-state index is 13.6. The predicted octanol–water partition coefficient (Wildman–Crippen LogP) is 0.887. The maximum Gasteiger partial charge on any atom is 0.239 e. The first kappa shape index (κ1) is 13.1. The van der Waals surface area contributed by atoms with Crippen LogP contribution in [0.1, 0.15) is 13.8 Å². The fraction of sp³-hybridized carbons (Fsp3) is 0.500. The average Bonchev–Trinajstić information content (AvgIpc) is 2.36. The number of anilines is 2. The summed E-state index contributed by atoms with van der Waals surface area (Å²) in [6.07, 6.45) is 1.05. The van der Waals surface area contributed by atoms with Crippen molar-refractivity contribution in [2.75, 3.05) is 23.4 Å². The summed E-state index contributed by atoms with van der Waals surface area (Å²) in [6.45, 7) is 4.58. The van der Waals surface area contributed by atoms with Gasteiger partial charge in [0.05, 0.1) is 18.2 Å². The Bertz CT molecular complexity index is 416. The number of nitriles is 1. The Balaban J connectivity index is 2.98. The van der Waals surface area contributed by atoms with Crippen molar-refractivity contribution in [3.05, 3.63) is 12.0 Å². The van der Waals surface area contributed by atoms with Crippen LogP contribution in [0.5, 0.6) is 0 Å². The largest absolute Gasteiger partial charge is 0.353 e. The standard InChI is InChI=1S/C10H15FN6/c1-3-17(6-7(2)4-12)9-8(11)5-14-10(15-9)16-13/h5,7H,3,6,13H2,1-2H3,(H,14,15,16). The molecule has 1 unspecified atom stereocenters. The van der Waals surface area contributed by atoms with Crippen molar-refractivity contribution < 1.29 is 4.39 Å². The monoisotopic (exact) mass is 238 g/mol. The molecule has 0 saturated carbocycles. The molecular weight excluding hydrogens is 223 g/mol. The number of halogens is 1. The third kappa shape index (κ3) is 3.26. The summed E-state index contributed by atoms with van der Waals surface area (Å²) in [7, 11) is 0. The normalized spacial score (nSPS) is 11.7. The van der Waals surface area contributed by atoms with Crippen LogP contribution < -0.4 is 16.2 Å². The molecule has 0 radical (unpaired) electrons. The zero-order valence-corrected chi connectivity index (χ0v) is 9.81. The van der Waals surface area contributed by atoms with E-state index in [0.717, 1.165) is 6.20 Å². The molecule has 1 atom stereocenters. The molecular formula is C10H15FN6. The highest BCUT2D eigenvalue weighted by molar-refractivity contribution is 5.43.